The summed E-state index contributed by atoms with van der Waals surface area (Å²) in [5, 5.41) is 13.6. The molecule has 120 valence electrons. The van der Waals surface area contributed by atoms with Crippen molar-refractivity contribution in [1.29, 1.82) is 0 Å². The predicted molar refractivity (Wildman–Crippen MR) is 78.3 cm³/mol. The summed E-state index contributed by atoms with van der Waals surface area (Å²) in [5.41, 5.74) is 0.740. The summed E-state index contributed by atoms with van der Waals surface area (Å²) in [6.45, 7) is -0.0970. The van der Waals surface area contributed by atoms with E-state index in [0.29, 0.717) is 22.4 Å². The van der Waals surface area contributed by atoms with Crippen molar-refractivity contribution >= 4 is 11.8 Å². The van der Waals surface area contributed by atoms with Crippen molar-refractivity contribution in [1.82, 2.24) is 19.7 Å². The third kappa shape index (κ3) is 3.25. The normalized spacial score (nSPS) is 11.1. The van der Waals surface area contributed by atoms with Crippen LogP contribution < -0.4 is 0 Å². The van der Waals surface area contributed by atoms with Crippen molar-refractivity contribution in [2.24, 2.45) is 7.05 Å². The van der Waals surface area contributed by atoms with Gasteiger partial charge in [-0.3, -0.25) is 0 Å². The number of halogens is 2. The first-order valence-corrected chi connectivity index (χ1v) is 7.59. The van der Waals surface area contributed by atoms with Gasteiger partial charge in [0.1, 0.15) is 11.6 Å². The maximum absolute atomic E-state index is 13.7. The first kappa shape index (κ1) is 15.6. The van der Waals surface area contributed by atoms with Crippen molar-refractivity contribution in [3.05, 3.63) is 47.5 Å². The zero-order valence-corrected chi connectivity index (χ0v) is 12.8. The number of imidazole rings is 1. The number of hydrogen-bond acceptors (Lipinski definition) is 6. The lowest BCUT2D eigenvalue weighted by molar-refractivity contribution is 0.271. The quantitative estimate of drug-likeness (QED) is 0.721. The average molecular weight is 338 g/mol. The predicted octanol–water partition coefficient (Wildman–Crippen LogP) is 2.53. The van der Waals surface area contributed by atoms with E-state index in [1.165, 1.54) is 17.8 Å². The van der Waals surface area contributed by atoms with Crippen LogP contribution in [0.2, 0.25) is 0 Å². The lowest BCUT2D eigenvalue weighted by Crippen LogP contribution is -1.97. The highest BCUT2D eigenvalue weighted by Gasteiger charge is 2.15. The Kier molecular flexibility index (Phi) is 4.39. The molecule has 0 atom stereocenters. The highest BCUT2D eigenvalue weighted by molar-refractivity contribution is 7.98. The standard InChI is InChI=1S/C14H12F2N4O2S/c1-20-9(6-21)5-17-14(20)23-7-12-18-13(22-19-12)10-3-2-8(15)4-11(10)16/h2-5,21H,6-7H2,1H3. The first-order valence-electron chi connectivity index (χ1n) is 6.60. The molecule has 0 saturated carbocycles. The van der Waals surface area contributed by atoms with Gasteiger partial charge in [-0.2, -0.15) is 4.98 Å². The van der Waals surface area contributed by atoms with Crippen LogP contribution in [0.15, 0.2) is 34.1 Å². The second kappa shape index (κ2) is 6.47. The summed E-state index contributed by atoms with van der Waals surface area (Å²) in [5.74, 6) is -0.709. The van der Waals surface area contributed by atoms with Crippen LogP contribution in [0.4, 0.5) is 8.78 Å². The van der Waals surface area contributed by atoms with Crippen LogP contribution in [0.1, 0.15) is 11.5 Å². The zero-order valence-electron chi connectivity index (χ0n) is 12.0. The average Bonchev–Trinajstić information content (AvgIpc) is 3.12. The fraction of sp³-hybridized carbons (Fsp3) is 0.214. The Labute approximate surface area is 134 Å². The maximum Gasteiger partial charge on any atom is 0.260 e. The van der Waals surface area contributed by atoms with Gasteiger partial charge in [-0.1, -0.05) is 16.9 Å². The molecule has 9 heteroatoms. The van der Waals surface area contributed by atoms with Crippen molar-refractivity contribution < 1.29 is 18.4 Å². The molecule has 1 N–H and O–H groups in total. The van der Waals surface area contributed by atoms with E-state index in [2.05, 4.69) is 15.1 Å². The molecule has 0 fully saturated rings. The van der Waals surface area contributed by atoms with E-state index in [9.17, 15) is 8.78 Å². The third-order valence-corrected chi connectivity index (χ3v) is 4.20. The zero-order chi connectivity index (χ0) is 16.4. The monoisotopic (exact) mass is 338 g/mol. The van der Waals surface area contributed by atoms with Crippen LogP contribution in [-0.2, 0) is 19.4 Å². The van der Waals surface area contributed by atoms with Gasteiger partial charge in [0.25, 0.3) is 5.89 Å². The van der Waals surface area contributed by atoms with Crippen molar-refractivity contribution in [3.63, 3.8) is 0 Å². The topological polar surface area (TPSA) is 77.0 Å². The molecular formula is C14H12F2N4O2S. The number of rotatable bonds is 5. The molecule has 2 aromatic heterocycles. The largest absolute Gasteiger partial charge is 0.390 e. The number of hydrogen-bond donors (Lipinski definition) is 1. The molecule has 0 aliphatic carbocycles. The van der Waals surface area contributed by atoms with Crippen LogP contribution in [0.3, 0.4) is 0 Å². The molecule has 0 spiro atoms. The Morgan fingerprint density at radius 2 is 2.17 bits per heavy atom. The van der Waals surface area contributed by atoms with Crippen LogP contribution in [0.5, 0.6) is 0 Å². The molecule has 0 aliphatic rings. The molecule has 0 radical (unpaired) electrons. The van der Waals surface area contributed by atoms with Crippen LogP contribution in [0, 0.1) is 11.6 Å². The fourth-order valence-corrected chi connectivity index (χ4v) is 2.73. The highest BCUT2D eigenvalue weighted by Crippen LogP contribution is 2.25. The highest BCUT2D eigenvalue weighted by atomic mass is 32.2. The van der Waals surface area contributed by atoms with Gasteiger partial charge in [0, 0.05) is 13.1 Å². The third-order valence-electron chi connectivity index (χ3n) is 3.16. The summed E-state index contributed by atoms with van der Waals surface area (Å²) >= 11 is 1.35. The number of aromatic nitrogens is 4. The molecule has 3 aromatic rings. The summed E-state index contributed by atoms with van der Waals surface area (Å²) in [6.07, 6.45) is 1.58. The molecular weight excluding hydrogens is 326 g/mol. The Bertz CT molecular complexity index is 834. The van der Waals surface area contributed by atoms with Gasteiger partial charge >= 0.3 is 0 Å². The maximum atomic E-state index is 13.7. The van der Waals surface area contributed by atoms with Crippen LogP contribution >= 0.6 is 11.8 Å². The number of benzene rings is 1. The summed E-state index contributed by atoms with van der Waals surface area (Å²) in [4.78, 5) is 8.26. The second-order valence-corrected chi connectivity index (χ2v) is 5.62. The van der Waals surface area contributed by atoms with E-state index in [1.807, 2.05) is 0 Å². The molecule has 23 heavy (non-hydrogen) atoms. The first-order chi connectivity index (χ1) is 11.1. The Hall–Kier alpha value is -2.26. The van der Waals surface area contributed by atoms with E-state index in [1.54, 1.807) is 17.8 Å². The van der Waals surface area contributed by atoms with Gasteiger partial charge in [0.2, 0.25) is 0 Å². The van der Waals surface area contributed by atoms with E-state index >= 15 is 0 Å². The summed E-state index contributed by atoms with van der Waals surface area (Å²) in [7, 11) is 1.79. The molecule has 6 nitrogen and oxygen atoms in total. The van der Waals surface area contributed by atoms with Crippen LogP contribution in [0.25, 0.3) is 11.5 Å². The fourth-order valence-electron chi connectivity index (χ4n) is 1.92. The number of aliphatic hydroxyl groups excluding tert-OH is 1. The van der Waals surface area contributed by atoms with E-state index in [4.69, 9.17) is 9.63 Å². The Balaban J connectivity index is 1.73. The lowest BCUT2D eigenvalue weighted by atomic mass is 10.2. The molecule has 2 heterocycles. The second-order valence-electron chi connectivity index (χ2n) is 4.68. The van der Waals surface area contributed by atoms with Crippen LogP contribution in [-0.4, -0.2) is 24.8 Å². The number of aliphatic hydroxyl groups is 1. The van der Waals surface area contributed by atoms with E-state index < -0.39 is 11.6 Å². The minimum absolute atomic E-state index is 0.00557. The van der Waals surface area contributed by atoms with E-state index in [-0.39, 0.29) is 18.1 Å². The molecule has 0 saturated heterocycles. The van der Waals surface area contributed by atoms with Gasteiger partial charge in [-0.15, -0.1) is 0 Å². The molecule has 0 bridgehead atoms. The van der Waals surface area contributed by atoms with E-state index in [0.717, 1.165) is 12.1 Å². The van der Waals surface area contributed by atoms with Crippen molar-refractivity contribution in [2.45, 2.75) is 17.5 Å². The van der Waals surface area contributed by atoms with Gasteiger partial charge in [-0.25, -0.2) is 13.8 Å². The molecule has 0 amide bonds. The molecule has 0 aliphatic heterocycles. The molecule has 0 unspecified atom stereocenters. The summed E-state index contributed by atoms with van der Waals surface area (Å²) in [6, 6.07) is 3.14. The number of nitrogens with zero attached hydrogens (tertiary/aromatic N) is 4. The smallest absolute Gasteiger partial charge is 0.260 e. The van der Waals surface area contributed by atoms with Crippen molar-refractivity contribution in [2.75, 3.05) is 0 Å². The molecule has 1 aromatic carbocycles. The van der Waals surface area contributed by atoms with Crippen molar-refractivity contribution in [3.8, 4) is 11.5 Å². The molecule has 3 rings (SSSR count). The van der Waals surface area contributed by atoms with Gasteiger partial charge < -0.3 is 14.2 Å². The minimum atomic E-state index is -0.760. The summed E-state index contributed by atoms with van der Waals surface area (Å²) < 4.78 is 33.4. The van der Waals surface area contributed by atoms with Gasteiger partial charge in [0.15, 0.2) is 11.0 Å². The Morgan fingerprint density at radius 1 is 1.35 bits per heavy atom. The van der Waals surface area contributed by atoms with Gasteiger partial charge in [0.05, 0.1) is 29.8 Å². The number of thioether (sulfide) groups is 1. The lowest BCUT2D eigenvalue weighted by Gasteiger charge is -2.01. The SMILES string of the molecule is Cn1c(CO)cnc1SCc1noc(-c2ccc(F)cc2F)n1. The minimum Gasteiger partial charge on any atom is -0.390 e. The Morgan fingerprint density at radius 3 is 2.87 bits per heavy atom. The van der Waals surface area contributed by atoms with Gasteiger partial charge in [-0.05, 0) is 12.1 Å².